The van der Waals surface area contributed by atoms with Gasteiger partial charge in [-0.15, -0.1) is 35.9 Å². The Kier molecular flexibility index (Phi) is 5.45. The van der Waals surface area contributed by atoms with Crippen LogP contribution in [0.5, 0.6) is 0 Å². The number of pyridine rings is 1. The van der Waals surface area contributed by atoms with Crippen LogP contribution in [0.15, 0.2) is 54.7 Å². The first-order valence-electron chi connectivity index (χ1n) is 7.12. The van der Waals surface area contributed by atoms with Crippen molar-refractivity contribution in [3.05, 3.63) is 83.3 Å². The van der Waals surface area contributed by atoms with Crippen molar-refractivity contribution in [2.24, 2.45) is 0 Å². The summed E-state index contributed by atoms with van der Waals surface area (Å²) in [5.74, 6) is 0. The van der Waals surface area contributed by atoms with E-state index >= 15 is 0 Å². The van der Waals surface area contributed by atoms with Gasteiger partial charge in [0, 0.05) is 31.9 Å². The molecule has 0 atom stereocenters. The van der Waals surface area contributed by atoms with Gasteiger partial charge in [0.05, 0.1) is 6.57 Å². The molecule has 0 aliphatic carbocycles. The average molecular weight is 476 g/mol. The molecule has 115 valence electrons. The van der Waals surface area contributed by atoms with E-state index < -0.39 is 0 Å². The number of benzene rings is 2. The maximum absolute atomic E-state index is 7.15. The summed E-state index contributed by atoms with van der Waals surface area (Å²) in [4.78, 5) is 8.13. The molecule has 0 amide bonds. The largest absolute Gasteiger partial charge is 0.304 e. The Labute approximate surface area is 150 Å². The van der Waals surface area contributed by atoms with E-state index in [4.69, 9.17) is 6.57 Å². The van der Waals surface area contributed by atoms with Crippen LogP contribution in [0.1, 0.15) is 11.1 Å². The van der Waals surface area contributed by atoms with Gasteiger partial charge in [-0.25, -0.2) is 4.85 Å². The van der Waals surface area contributed by atoms with Gasteiger partial charge in [-0.3, -0.25) is 0 Å². The first-order chi connectivity index (χ1) is 10.7. The monoisotopic (exact) mass is 476 g/mol. The molecular weight excluding hydrogens is 460 g/mol. The van der Waals surface area contributed by atoms with Gasteiger partial charge in [0.15, 0.2) is 5.69 Å². The average Bonchev–Trinajstić information content (AvgIpc) is 2.58. The van der Waals surface area contributed by atoms with E-state index in [0.717, 1.165) is 27.9 Å². The second-order valence-corrected chi connectivity index (χ2v) is 5.21. The molecule has 2 nitrogen and oxygen atoms in total. The smallest absolute Gasteiger partial charge is 0.187 e. The van der Waals surface area contributed by atoms with E-state index in [0.29, 0.717) is 5.69 Å². The Balaban J connectivity index is 0.00000192. The number of nitrogens with zero attached hydrogens (tertiary/aromatic N) is 2. The molecule has 3 rings (SSSR count). The van der Waals surface area contributed by atoms with Crippen molar-refractivity contribution in [2.75, 3.05) is 0 Å². The topological polar surface area (TPSA) is 17.2 Å². The number of rotatable bonds is 2. The minimum absolute atomic E-state index is 0. The van der Waals surface area contributed by atoms with Gasteiger partial charge in [0.1, 0.15) is 0 Å². The third-order valence-electron chi connectivity index (χ3n) is 3.89. The number of aromatic nitrogens is 1. The Morgan fingerprint density at radius 3 is 2.57 bits per heavy atom. The van der Waals surface area contributed by atoms with Gasteiger partial charge in [0.2, 0.25) is 0 Å². The van der Waals surface area contributed by atoms with Crippen LogP contribution in [0, 0.1) is 26.5 Å². The molecule has 0 unspecified atom stereocenters. The fourth-order valence-electron chi connectivity index (χ4n) is 2.55. The molecule has 0 N–H and O–H groups in total. The molecule has 2 aromatic carbocycles. The predicted molar refractivity (Wildman–Crippen MR) is 89.7 cm³/mol. The zero-order chi connectivity index (χ0) is 15.5. The van der Waals surface area contributed by atoms with Crippen molar-refractivity contribution in [1.29, 1.82) is 0 Å². The van der Waals surface area contributed by atoms with Crippen LogP contribution in [-0.4, -0.2) is 4.98 Å². The van der Waals surface area contributed by atoms with Gasteiger partial charge >= 0.3 is 0 Å². The first kappa shape index (κ1) is 17.1. The zero-order valence-electron chi connectivity index (χ0n) is 12.9. The molecule has 0 spiro atoms. The van der Waals surface area contributed by atoms with Gasteiger partial charge < -0.3 is 4.98 Å². The number of hydrogen-bond donors (Lipinski definition) is 0. The van der Waals surface area contributed by atoms with E-state index in [1.54, 1.807) is 0 Å². The normalized spacial score (nSPS) is 9.78. The number of hydrogen-bond acceptors (Lipinski definition) is 1. The summed E-state index contributed by atoms with van der Waals surface area (Å²) >= 11 is 0. The Hall–Kier alpha value is -2.27. The van der Waals surface area contributed by atoms with Gasteiger partial charge in [-0.05, 0) is 36.7 Å². The summed E-state index contributed by atoms with van der Waals surface area (Å²) in [6.07, 6.45) is 1.89. The third kappa shape index (κ3) is 3.40. The molecule has 0 bridgehead atoms. The zero-order valence-corrected chi connectivity index (χ0v) is 15.3. The summed E-state index contributed by atoms with van der Waals surface area (Å²) < 4.78 is 0. The molecule has 3 aromatic rings. The van der Waals surface area contributed by atoms with Crippen LogP contribution in [-0.2, 0) is 20.1 Å². The summed E-state index contributed by atoms with van der Waals surface area (Å²) in [5.41, 5.74) is 7.05. The fraction of sp³-hybridized carbons (Fsp3) is 0.100. The first-order valence-corrected chi connectivity index (χ1v) is 7.12. The molecular formula is C20H15IrN2-. The van der Waals surface area contributed by atoms with Crippen LogP contribution in [0.2, 0.25) is 0 Å². The van der Waals surface area contributed by atoms with E-state index in [1.165, 1.54) is 5.56 Å². The molecule has 3 heteroatoms. The minimum Gasteiger partial charge on any atom is -0.304 e. The van der Waals surface area contributed by atoms with Gasteiger partial charge in [-0.1, -0.05) is 23.8 Å². The predicted octanol–water partition coefficient (Wildman–Crippen LogP) is 5.38. The van der Waals surface area contributed by atoms with Crippen molar-refractivity contribution < 1.29 is 20.1 Å². The summed E-state index contributed by atoms with van der Waals surface area (Å²) in [6.45, 7) is 11.3. The van der Waals surface area contributed by atoms with Crippen molar-refractivity contribution >= 4 is 5.69 Å². The Morgan fingerprint density at radius 1 is 1.04 bits per heavy atom. The summed E-state index contributed by atoms with van der Waals surface area (Å²) in [5, 5.41) is 0. The second kappa shape index (κ2) is 7.33. The minimum atomic E-state index is 0. The van der Waals surface area contributed by atoms with Crippen molar-refractivity contribution in [2.45, 2.75) is 13.8 Å². The molecule has 0 fully saturated rings. The second-order valence-electron chi connectivity index (χ2n) is 5.21. The van der Waals surface area contributed by atoms with Gasteiger partial charge in [-0.2, -0.15) is 0 Å². The van der Waals surface area contributed by atoms with E-state index in [9.17, 15) is 0 Å². The van der Waals surface area contributed by atoms with Crippen LogP contribution in [0.25, 0.3) is 27.2 Å². The molecule has 23 heavy (non-hydrogen) atoms. The third-order valence-corrected chi connectivity index (χ3v) is 3.89. The maximum atomic E-state index is 7.15. The van der Waals surface area contributed by atoms with Crippen LogP contribution in [0.4, 0.5) is 5.69 Å². The van der Waals surface area contributed by atoms with Crippen molar-refractivity contribution in [3.63, 3.8) is 0 Å². The maximum Gasteiger partial charge on any atom is 0.187 e. The van der Waals surface area contributed by atoms with Gasteiger partial charge in [0.25, 0.3) is 0 Å². The van der Waals surface area contributed by atoms with E-state index in [1.807, 2.05) is 54.7 Å². The standard InChI is InChI=1S/C20H15N2.Ir/c1-14-15(2)20(16-8-5-4-6-9-16)22-13-19(14)17-10-7-11-18(12-17)21-3;/h4-8,10-13H,1-2H3;/q-1;. The molecule has 1 radical (unpaired) electrons. The van der Waals surface area contributed by atoms with Crippen molar-refractivity contribution in [1.82, 2.24) is 4.98 Å². The quantitative estimate of drug-likeness (QED) is 0.455. The SMILES string of the molecule is [C-]#[N+]c1cccc(-c2cnc(-c3[c-]cccc3)c(C)c2C)c1.[Ir]. The van der Waals surface area contributed by atoms with E-state index in [-0.39, 0.29) is 20.1 Å². The van der Waals surface area contributed by atoms with Crippen molar-refractivity contribution in [3.8, 4) is 22.4 Å². The van der Waals surface area contributed by atoms with Crippen LogP contribution in [0.3, 0.4) is 0 Å². The Morgan fingerprint density at radius 2 is 1.87 bits per heavy atom. The summed E-state index contributed by atoms with van der Waals surface area (Å²) in [7, 11) is 0. The molecule has 0 aliphatic heterocycles. The van der Waals surface area contributed by atoms with Crippen LogP contribution >= 0.6 is 0 Å². The molecule has 0 saturated carbocycles. The molecule has 1 heterocycles. The molecule has 0 saturated heterocycles. The molecule has 0 aliphatic rings. The van der Waals surface area contributed by atoms with E-state index in [2.05, 4.69) is 29.7 Å². The Bertz CT molecular complexity index is 865. The molecule has 1 aromatic heterocycles. The summed E-state index contributed by atoms with van der Waals surface area (Å²) in [6, 6.07) is 18.8. The van der Waals surface area contributed by atoms with Crippen LogP contribution < -0.4 is 0 Å². The fourth-order valence-corrected chi connectivity index (χ4v) is 2.55.